The van der Waals surface area contributed by atoms with Gasteiger partial charge in [-0.1, -0.05) is 18.3 Å². The summed E-state index contributed by atoms with van der Waals surface area (Å²) in [4.78, 5) is 0.434. The van der Waals surface area contributed by atoms with Gasteiger partial charge in [-0.3, -0.25) is 0 Å². The third-order valence-corrected chi connectivity index (χ3v) is 5.10. The molecule has 1 saturated heterocycles. The highest BCUT2D eigenvalue weighted by Crippen LogP contribution is 2.27. The Labute approximate surface area is 126 Å². The van der Waals surface area contributed by atoms with Crippen LogP contribution in [0.3, 0.4) is 0 Å². The van der Waals surface area contributed by atoms with Crippen LogP contribution in [0.25, 0.3) is 0 Å². The lowest BCUT2D eigenvalue weighted by molar-refractivity contribution is 0.516. The van der Waals surface area contributed by atoms with Crippen LogP contribution in [0, 0.1) is 5.92 Å². The molecule has 0 unspecified atom stereocenters. The van der Waals surface area contributed by atoms with Crippen LogP contribution in [-0.4, -0.2) is 23.0 Å². The summed E-state index contributed by atoms with van der Waals surface area (Å²) in [6.07, 6.45) is 2.60. The van der Waals surface area contributed by atoms with Crippen molar-refractivity contribution in [2.75, 3.05) is 23.4 Å². The Hall–Kier alpha value is -0.260. The monoisotopic (exact) mass is 344 g/mol. The van der Waals surface area contributed by atoms with Gasteiger partial charge in [0.2, 0.25) is 0 Å². The van der Waals surface area contributed by atoms with Crippen LogP contribution in [0.15, 0.2) is 22.7 Å². The second kappa shape index (κ2) is 6.78. The van der Waals surface area contributed by atoms with Crippen LogP contribution >= 0.6 is 39.9 Å². The van der Waals surface area contributed by atoms with E-state index < -0.39 is 0 Å². The number of rotatable bonds is 4. The van der Waals surface area contributed by atoms with E-state index in [9.17, 15) is 0 Å². The molecular weight excluding hydrogens is 328 g/mol. The predicted octanol–water partition coefficient (Wildman–Crippen LogP) is 3.64. The molecule has 0 atom stereocenters. The molecule has 1 aliphatic heterocycles. The zero-order valence-electron chi connectivity index (χ0n) is 10.1. The number of thioether (sulfide) groups is 1. The van der Waals surface area contributed by atoms with Gasteiger partial charge in [-0.25, -0.2) is 0 Å². The van der Waals surface area contributed by atoms with Crippen LogP contribution in [0.1, 0.15) is 18.4 Å². The van der Waals surface area contributed by atoms with E-state index in [1.165, 1.54) is 24.3 Å². The largest absolute Gasteiger partial charge is 0.389 e. The van der Waals surface area contributed by atoms with E-state index in [1.807, 2.05) is 18.2 Å². The third kappa shape index (κ3) is 3.62. The minimum Gasteiger partial charge on any atom is -0.389 e. The maximum absolute atomic E-state index is 5.78. The van der Waals surface area contributed by atoms with Crippen LogP contribution in [0.5, 0.6) is 0 Å². The van der Waals surface area contributed by atoms with Crippen molar-refractivity contribution in [2.24, 2.45) is 11.7 Å². The van der Waals surface area contributed by atoms with Gasteiger partial charge in [0.25, 0.3) is 0 Å². The SMILES string of the molecule is NC(=S)c1c(Br)cccc1NCC1CCSCC1. The third-order valence-electron chi connectivity index (χ3n) is 3.18. The quantitative estimate of drug-likeness (QED) is 0.817. The average molecular weight is 345 g/mol. The Morgan fingerprint density at radius 3 is 2.83 bits per heavy atom. The summed E-state index contributed by atoms with van der Waals surface area (Å²) in [5, 5.41) is 3.50. The van der Waals surface area contributed by atoms with Gasteiger partial charge in [0.05, 0.1) is 0 Å². The van der Waals surface area contributed by atoms with E-state index in [1.54, 1.807) is 0 Å². The zero-order chi connectivity index (χ0) is 13.0. The normalized spacial score (nSPS) is 16.5. The number of hydrogen-bond donors (Lipinski definition) is 2. The van der Waals surface area contributed by atoms with Gasteiger partial charge in [0.1, 0.15) is 4.99 Å². The Bertz CT molecular complexity index is 431. The fourth-order valence-corrected chi connectivity index (χ4v) is 4.26. The van der Waals surface area contributed by atoms with E-state index in [2.05, 4.69) is 33.0 Å². The molecule has 2 rings (SSSR count). The molecule has 0 saturated carbocycles. The van der Waals surface area contributed by atoms with Crippen molar-refractivity contribution in [1.82, 2.24) is 0 Å². The topological polar surface area (TPSA) is 38.0 Å². The van der Waals surface area contributed by atoms with Crippen LogP contribution < -0.4 is 11.1 Å². The van der Waals surface area contributed by atoms with E-state index in [0.717, 1.165) is 28.2 Å². The molecule has 1 aromatic rings. The fraction of sp³-hybridized carbons (Fsp3) is 0.462. The first-order valence-electron chi connectivity index (χ1n) is 6.08. The van der Waals surface area contributed by atoms with Crippen molar-refractivity contribution in [3.05, 3.63) is 28.2 Å². The number of halogens is 1. The molecule has 0 aromatic heterocycles. The molecule has 0 aliphatic carbocycles. The van der Waals surface area contributed by atoms with E-state index in [-0.39, 0.29) is 0 Å². The minimum atomic E-state index is 0.434. The van der Waals surface area contributed by atoms with Crippen molar-refractivity contribution in [3.8, 4) is 0 Å². The molecule has 0 radical (unpaired) electrons. The van der Waals surface area contributed by atoms with Crippen molar-refractivity contribution in [2.45, 2.75) is 12.8 Å². The summed E-state index contributed by atoms with van der Waals surface area (Å²) >= 11 is 10.7. The molecule has 18 heavy (non-hydrogen) atoms. The van der Waals surface area contributed by atoms with Gasteiger partial charge in [0.15, 0.2) is 0 Å². The van der Waals surface area contributed by atoms with Gasteiger partial charge in [0, 0.05) is 22.3 Å². The molecule has 1 aliphatic rings. The summed E-state index contributed by atoms with van der Waals surface area (Å²) in [5.41, 5.74) is 7.73. The lowest BCUT2D eigenvalue weighted by atomic mass is 10.0. The highest BCUT2D eigenvalue weighted by molar-refractivity contribution is 9.10. The first-order chi connectivity index (χ1) is 8.68. The lowest BCUT2D eigenvalue weighted by Gasteiger charge is -2.23. The van der Waals surface area contributed by atoms with E-state index in [0.29, 0.717) is 4.99 Å². The molecule has 2 nitrogen and oxygen atoms in total. The summed E-state index contributed by atoms with van der Waals surface area (Å²) in [5.74, 6) is 3.34. The van der Waals surface area contributed by atoms with E-state index in [4.69, 9.17) is 18.0 Å². The molecule has 0 spiro atoms. The number of hydrogen-bond acceptors (Lipinski definition) is 3. The van der Waals surface area contributed by atoms with Crippen molar-refractivity contribution < 1.29 is 0 Å². The first kappa shape index (κ1) is 14.2. The standard InChI is InChI=1S/C13H17BrN2S2/c14-10-2-1-3-11(12(10)13(15)17)16-8-9-4-6-18-7-5-9/h1-3,9,16H,4-8H2,(H2,15,17). The maximum atomic E-state index is 5.78. The lowest BCUT2D eigenvalue weighted by Crippen LogP contribution is -2.21. The van der Waals surface area contributed by atoms with Gasteiger partial charge in [-0.2, -0.15) is 11.8 Å². The van der Waals surface area contributed by atoms with Crippen LogP contribution in [-0.2, 0) is 0 Å². The molecule has 98 valence electrons. The van der Waals surface area contributed by atoms with E-state index >= 15 is 0 Å². The molecule has 0 bridgehead atoms. The van der Waals surface area contributed by atoms with Gasteiger partial charge in [-0.05, 0) is 58.3 Å². The highest BCUT2D eigenvalue weighted by atomic mass is 79.9. The number of anilines is 1. The van der Waals surface area contributed by atoms with Gasteiger partial charge < -0.3 is 11.1 Å². The first-order valence-corrected chi connectivity index (χ1v) is 8.44. The van der Waals surface area contributed by atoms with Gasteiger partial charge in [-0.15, -0.1) is 0 Å². The average Bonchev–Trinajstić information content (AvgIpc) is 2.37. The second-order valence-corrected chi connectivity index (χ2v) is 6.98. The number of nitrogens with two attached hydrogens (primary N) is 1. The summed E-state index contributed by atoms with van der Waals surface area (Å²) < 4.78 is 0.958. The van der Waals surface area contributed by atoms with Gasteiger partial charge >= 0.3 is 0 Å². The molecule has 0 amide bonds. The summed E-state index contributed by atoms with van der Waals surface area (Å²) in [6, 6.07) is 6.01. The zero-order valence-corrected chi connectivity index (χ0v) is 13.3. The van der Waals surface area contributed by atoms with Crippen LogP contribution in [0.2, 0.25) is 0 Å². The van der Waals surface area contributed by atoms with Crippen LogP contribution in [0.4, 0.5) is 5.69 Å². The fourth-order valence-electron chi connectivity index (χ4n) is 2.13. The molecule has 1 fully saturated rings. The number of nitrogens with one attached hydrogen (secondary N) is 1. The number of benzene rings is 1. The van der Waals surface area contributed by atoms with Crippen molar-refractivity contribution in [3.63, 3.8) is 0 Å². The maximum Gasteiger partial charge on any atom is 0.107 e. The Kier molecular flexibility index (Phi) is 5.33. The second-order valence-electron chi connectivity index (χ2n) is 4.46. The Balaban J connectivity index is 2.04. The summed E-state index contributed by atoms with van der Waals surface area (Å²) in [7, 11) is 0. The Morgan fingerprint density at radius 2 is 2.17 bits per heavy atom. The summed E-state index contributed by atoms with van der Waals surface area (Å²) in [6.45, 7) is 1.01. The molecule has 1 heterocycles. The van der Waals surface area contributed by atoms with Crippen molar-refractivity contribution in [1.29, 1.82) is 0 Å². The smallest absolute Gasteiger partial charge is 0.107 e. The highest BCUT2D eigenvalue weighted by Gasteiger charge is 2.15. The Morgan fingerprint density at radius 1 is 1.44 bits per heavy atom. The molecule has 5 heteroatoms. The molecular formula is C13H17BrN2S2. The molecule has 1 aromatic carbocycles. The molecule has 3 N–H and O–H groups in total. The minimum absolute atomic E-state index is 0.434. The number of thiocarbonyl (C=S) groups is 1. The van der Waals surface area contributed by atoms with Crippen molar-refractivity contribution >= 4 is 50.6 Å². The predicted molar refractivity (Wildman–Crippen MR) is 88.6 cm³/mol.